The number of nitrogens with zero attached hydrogens (tertiary/aromatic N) is 2. The molecule has 19 heavy (non-hydrogen) atoms. The molecule has 1 aromatic rings. The largest absolute Gasteiger partial charge is 0.340 e. The number of hydrogen-bond acceptors (Lipinski definition) is 4. The molecule has 2 heterocycles. The number of likely N-dealkylation sites (N-methyl/N-ethyl adjacent to an activating group) is 1. The lowest BCUT2D eigenvalue weighted by Gasteiger charge is -2.23. The highest BCUT2D eigenvalue weighted by atomic mass is 79.9. The van der Waals surface area contributed by atoms with Crippen LogP contribution < -0.4 is 5.32 Å². The van der Waals surface area contributed by atoms with Crippen molar-refractivity contribution in [3.63, 3.8) is 0 Å². The van der Waals surface area contributed by atoms with Crippen LogP contribution in [0.3, 0.4) is 0 Å². The molecule has 0 unspecified atom stereocenters. The van der Waals surface area contributed by atoms with Crippen molar-refractivity contribution in [3.05, 3.63) is 20.8 Å². The third-order valence-corrected chi connectivity index (χ3v) is 4.81. The van der Waals surface area contributed by atoms with Crippen LogP contribution in [0.1, 0.15) is 12.0 Å². The smallest absolute Gasteiger partial charge is 0.236 e. The van der Waals surface area contributed by atoms with Crippen molar-refractivity contribution in [3.8, 4) is 0 Å². The van der Waals surface area contributed by atoms with E-state index in [0.29, 0.717) is 13.1 Å². The van der Waals surface area contributed by atoms with Crippen LogP contribution >= 0.6 is 27.3 Å². The van der Waals surface area contributed by atoms with Gasteiger partial charge in [0.25, 0.3) is 0 Å². The number of rotatable bonds is 4. The highest BCUT2D eigenvalue weighted by Gasteiger charge is 2.16. The van der Waals surface area contributed by atoms with Gasteiger partial charge in [-0.25, -0.2) is 0 Å². The topological polar surface area (TPSA) is 35.6 Å². The van der Waals surface area contributed by atoms with Crippen molar-refractivity contribution in [2.45, 2.75) is 13.0 Å². The second-order valence-corrected chi connectivity index (χ2v) is 7.18. The van der Waals surface area contributed by atoms with Gasteiger partial charge in [0, 0.05) is 26.7 Å². The molecule has 0 aliphatic carbocycles. The predicted molar refractivity (Wildman–Crippen MR) is 82.4 cm³/mol. The number of thiophene rings is 1. The molecule has 0 aromatic carbocycles. The van der Waals surface area contributed by atoms with E-state index >= 15 is 0 Å². The Balaban J connectivity index is 1.81. The van der Waals surface area contributed by atoms with E-state index in [1.54, 1.807) is 11.3 Å². The van der Waals surface area contributed by atoms with Crippen LogP contribution in [-0.2, 0) is 11.3 Å². The molecule has 1 fully saturated rings. The van der Waals surface area contributed by atoms with Crippen LogP contribution in [0.15, 0.2) is 15.2 Å². The van der Waals surface area contributed by atoms with Crippen LogP contribution in [0, 0.1) is 0 Å². The molecule has 0 bridgehead atoms. The summed E-state index contributed by atoms with van der Waals surface area (Å²) in [6, 6.07) is 2.07. The third kappa shape index (κ3) is 4.87. The molecule has 106 valence electrons. The Morgan fingerprint density at radius 2 is 2.37 bits per heavy atom. The molecule has 1 aliphatic heterocycles. The van der Waals surface area contributed by atoms with Gasteiger partial charge >= 0.3 is 0 Å². The highest BCUT2D eigenvalue weighted by Crippen LogP contribution is 2.21. The van der Waals surface area contributed by atoms with E-state index in [1.165, 1.54) is 5.56 Å². The van der Waals surface area contributed by atoms with Gasteiger partial charge in [0.2, 0.25) is 5.91 Å². The molecule has 1 aliphatic rings. The van der Waals surface area contributed by atoms with E-state index in [4.69, 9.17) is 0 Å². The average molecular weight is 346 g/mol. The fraction of sp³-hybridized carbons (Fsp3) is 0.615. The lowest BCUT2D eigenvalue weighted by atomic mass is 10.3. The quantitative estimate of drug-likeness (QED) is 0.903. The van der Waals surface area contributed by atoms with Crippen molar-refractivity contribution in [1.82, 2.24) is 15.1 Å². The van der Waals surface area contributed by atoms with Gasteiger partial charge in [-0.2, -0.15) is 0 Å². The van der Waals surface area contributed by atoms with Crippen molar-refractivity contribution in [2.24, 2.45) is 0 Å². The van der Waals surface area contributed by atoms with E-state index in [9.17, 15) is 4.79 Å². The van der Waals surface area contributed by atoms with Crippen LogP contribution in [0.2, 0.25) is 0 Å². The molecule has 1 amide bonds. The number of carbonyl (C=O) groups excluding carboxylic acids is 1. The Bertz CT molecular complexity index is 416. The van der Waals surface area contributed by atoms with Gasteiger partial charge in [0.05, 0.1) is 10.3 Å². The molecule has 4 nitrogen and oxygen atoms in total. The van der Waals surface area contributed by atoms with Gasteiger partial charge in [-0.15, -0.1) is 11.3 Å². The predicted octanol–water partition coefficient (Wildman–Crippen LogP) is 1.76. The maximum Gasteiger partial charge on any atom is 0.236 e. The minimum Gasteiger partial charge on any atom is -0.340 e. The molecule has 0 spiro atoms. The Kier molecular flexibility index (Phi) is 5.81. The van der Waals surface area contributed by atoms with Gasteiger partial charge in [-0.3, -0.25) is 9.69 Å². The van der Waals surface area contributed by atoms with Gasteiger partial charge in [0.1, 0.15) is 0 Å². The van der Waals surface area contributed by atoms with Gasteiger partial charge in [-0.1, -0.05) is 0 Å². The number of amides is 1. The summed E-state index contributed by atoms with van der Waals surface area (Å²) in [6.07, 6.45) is 1.12. The monoisotopic (exact) mass is 345 g/mol. The zero-order valence-corrected chi connectivity index (χ0v) is 13.6. The number of carbonyl (C=O) groups is 1. The summed E-state index contributed by atoms with van der Waals surface area (Å²) in [5.41, 5.74) is 1.19. The average Bonchev–Trinajstić information content (AvgIpc) is 2.64. The molecule has 1 saturated heterocycles. The first-order valence-corrected chi connectivity index (χ1v) is 8.22. The first-order valence-electron chi connectivity index (χ1n) is 6.55. The Morgan fingerprint density at radius 1 is 1.53 bits per heavy atom. The standard InChI is InChI=1S/C13H20BrN3OS/c1-16(8-11-7-12(14)19-10-11)13(18)9-17-5-2-3-15-4-6-17/h7,10,15H,2-6,8-9H2,1H3. The van der Waals surface area contributed by atoms with Gasteiger partial charge < -0.3 is 10.2 Å². The maximum absolute atomic E-state index is 12.2. The van der Waals surface area contributed by atoms with Crippen LogP contribution in [0.25, 0.3) is 0 Å². The number of halogens is 1. The molecule has 0 saturated carbocycles. The number of hydrogen-bond donors (Lipinski definition) is 1. The molecule has 2 rings (SSSR count). The highest BCUT2D eigenvalue weighted by molar-refractivity contribution is 9.11. The normalized spacial score (nSPS) is 17.2. The van der Waals surface area contributed by atoms with Crippen LogP contribution in [0.4, 0.5) is 0 Å². The first-order chi connectivity index (χ1) is 9.15. The lowest BCUT2D eigenvalue weighted by molar-refractivity contribution is -0.131. The SMILES string of the molecule is CN(Cc1csc(Br)c1)C(=O)CN1CCCNCC1. The van der Waals surface area contributed by atoms with E-state index in [-0.39, 0.29) is 5.91 Å². The van der Waals surface area contributed by atoms with Crippen molar-refractivity contribution < 1.29 is 4.79 Å². The zero-order valence-electron chi connectivity index (χ0n) is 11.2. The second kappa shape index (κ2) is 7.38. The Hall–Kier alpha value is -0.430. The van der Waals surface area contributed by atoms with Crippen molar-refractivity contribution in [1.29, 1.82) is 0 Å². The van der Waals surface area contributed by atoms with Crippen molar-refractivity contribution >= 4 is 33.2 Å². The van der Waals surface area contributed by atoms with Gasteiger partial charge in [0.15, 0.2) is 0 Å². The van der Waals surface area contributed by atoms with Crippen LogP contribution in [-0.4, -0.2) is 55.5 Å². The minimum absolute atomic E-state index is 0.198. The summed E-state index contributed by atoms with van der Waals surface area (Å²) in [5, 5.41) is 5.44. The molecular weight excluding hydrogens is 326 g/mol. The summed E-state index contributed by atoms with van der Waals surface area (Å²) < 4.78 is 1.11. The summed E-state index contributed by atoms with van der Waals surface area (Å²) in [7, 11) is 1.88. The molecule has 1 aromatic heterocycles. The lowest BCUT2D eigenvalue weighted by Crippen LogP contribution is -2.39. The molecule has 0 radical (unpaired) electrons. The van der Waals surface area contributed by atoms with E-state index in [2.05, 4.69) is 37.6 Å². The van der Waals surface area contributed by atoms with E-state index in [0.717, 1.165) is 36.4 Å². The van der Waals surface area contributed by atoms with E-state index in [1.807, 2.05) is 11.9 Å². The third-order valence-electron chi connectivity index (χ3n) is 3.26. The summed E-state index contributed by atoms with van der Waals surface area (Å²) in [5.74, 6) is 0.198. The summed E-state index contributed by atoms with van der Waals surface area (Å²) >= 11 is 5.10. The second-order valence-electron chi connectivity index (χ2n) is 4.89. The fourth-order valence-corrected chi connectivity index (χ4v) is 3.36. The summed E-state index contributed by atoms with van der Waals surface area (Å²) in [4.78, 5) is 16.2. The molecule has 0 atom stereocenters. The van der Waals surface area contributed by atoms with E-state index < -0.39 is 0 Å². The van der Waals surface area contributed by atoms with Crippen LogP contribution in [0.5, 0.6) is 0 Å². The van der Waals surface area contributed by atoms with Crippen molar-refractivity contribution in [2.75, 3.05) is 39.8 Å². The Labute approximate surface area is 126 Å². The Morgan fingerprint density at radius 3 is 3.11 bits per heavy atom. The maximum atomic E-state index is 12.2. The first kappa shape index (κ1) is 15.0. The molecule has 1 N–H and O–H groups in total. The molecule has 6 heteroatoms. The fourth-order valence-electron chi connectivity index (χ4n) is 2.16. The minimum atomic E-state index is 0.198. The zero-order chi connectivity index (χ0) is 13.7. The summed E-state index contributed by atoms with van der Waals surface area (Å²) in [6.45, 7) is 5.23. The number of nitrogens with one attached hydrogen (secondary N) is 1. The molecular formula is C13H20BrN3OS. The van der Waals surface area contributed by atoms with Gasteiger partial charge in [-0.05, 0) is 52.5 Å².